The van der Waals surface area contributed by atoms with Crippen LogP contribution in [0.2, 0.25) is 0 Å². The first-order valence-corrected chi connectivity index (χ1v) is 9.38. The van der Waals surface area contributed by atoms with E-state index in [1.807, 2.05) is 4.90 Å². The zero-order chi connectivity index (χ0) is 15.7. The molecule has 22 heavy (non-hydrogen) atoms. The minimum Gasteiger partial charge on any atom is -0.336 e. The van der Waals surface area contributed by atoms with Gasteiger partial charge in [-0.25, -0.2) is 13.2 Å². The van der Waals surface area contributed by atoms with Crippen LogP contribution >= 0.6 is 0 Å². The second-order valence-corrected chi connectivity index (χ2v) is 8.13. The van der Waals surface area contributed by atoms with Crippen LogP contribution in [-0.2, 0) is 14.8 Å². The van der Waals surface area contributed by atoms with Gasteiger partial charge in [0.15, 0.2) is 0 Å². The number of amides is 3. The molecule has 0 aliphatic carbocycles. The number of hydrogen-bond acceptors (Lipinski definition) is 5. The van der Waals surface area contributed by atoms with Crippen LogP contribution in [0.4, 0.5) is 4.79 Å². The highest BCUT2D eigenvalue weighted by atomic mass is 32.2. The van der Waals surface area contributed by atoms with Crippen molar-refractivity contribution in [3.8, 4) is 0 Å². The van der Waals surface area contributed by atoms with Gasteiger partial charge in [-0.1, -0.05) is 0 Å². The van der Waals surface area contributed by atoms with E-state index in [1.165, 1.54) is 4.90 Å². The molecular weight excluding hydrogens is 308 g/mol. The van der Waals surface area contributed by atoms with Crippen LogP contribution in [0.3, 0.4) is 0 Å². The SMILES string of the molecule is O=C(CN1CCCC(N2CCCS2(=O)=O)C1)N1CCNC1=O. The van der Waals surface area contributed by atoms with Crippen molar-refractivity contribution in [1.29, 1.82) is 0 Å². The van der Waals surface area contributed by atoms with Gasteiger partial charge in [0.2, 0.25) is 15.9 Å². The lowest BCUT2D eigenvalue weighted by molar-refractivity contribution is -0.129. The summed E-state index contributed by atoms with van der Waals surface area (Å²) in [5, 5.41) is 2.61. The average molecular weight is 330 g/mol. The molecule has 0 bridgehead atoms. The third-order valence-corrected chi connectivity index (χ3v) is 6.54. The van der Waals surface area contributed by atoms with Gasteiger partial charge in [-0.05, 0) is 25.8 Å². The summed E-state index contributed by atoms with van der Waals surface area (Å²) in [6, 6.07) is -0.373. The molecule has 0 saturated carbocycles. The number of urea groups is 1. The number of nitrogens with one attached hydrogen (secondary N) is 1. The molecule has 3 fully saturated rings. The van der Waals surface area contributed by atoms with Gasteiger partial charge in [-0.3, -0.25) is 14.6 Å². The fourth-order valence-corrected chi connectivity index (χ4v) is 5.23. The fraction of sp³-hybridized carbons (Fsp3) is 0.846. The van der Waals surface area contributed by atoms with Gasteiger partial charge >= 0.3 is 6.03 Å². The van der Waals surface area contributed by atoms with E-state index in [0.29, 0.717) is 32.6 Å². The highest BCUT2D eigenvalue weighted by Gasteiger charge is 2.37. The molecular formula is C13H22N4O4S. The standard InChI is InChI=1S/C13H22N4O4S/c18-12(16-7-4-14-13(16)19)10-15-5-1-3-11(9-15)17-6-2-8-22(17,20)21/h11H,1-10H2,(H,14,19). The summed E-state index contributed by atoms with van der Waals surface area (Å²) in [6.07, 6.45) is 2.40. The Morgan fingerprint density at radius 3 is 2.68 bits per heavy atom. The molecule has 3 heterocycles. The predicted octanol–water partition coefficient (Wildman–Crippen LogP) is -0.962. The zero-order valence-corrected chi connectivity index (χ0v) is 13.3. The molecule has 0 aromatic heterocycles. The molecule has 0 radical (unpaired) electrons. The molecule has 3 aliphatic rings. The van der Waals surface area contributed by atoms with E-state index in [9.17, 15) is 18.0 Å². The molecule has 1 N–H and O–H groups in total. The maximum absolute atomic E-state index is 12.2. The van der Waals surface area contributed by atoms with E-state index in [0.717, 1.165) is 19.4 Å². The molecule has 0 aromatic rings. The Labute approximate surface area is 130 Å². The first-order chi connectivity index (χ1) is 10.5. The predicted molar refractivity (Wildman–Crippen MR) is 79.7 cm³/mol. The molecule has 1 unspecified atom stereocenters. The molecule has 3 aliphatic heterocycles. The Morgan fingerprint density at radius 1 is 1.23 bits per heavy atom. The lowest BCUT2D eigenvalue weighted by atomic mass is 10.1. The van der Waals surface area contributed by atoms with Gasteiger partial charge < -0.3 is 5.32 Å². The van der Waals surface area contributed by atoms with Crippen LogP contribution in [-0.4, -0.2) is 85.5 Å². The molecule has 1 atom stereocenters. The maximum Gasteiger partial charge on any atom is 0.324 e. The second kappa shape index (κ2) is 6.13. The van der Waals surface area contributed by atoms with Crippen LogP contribution in [0.5, 0.6) is 0 Å². The van der Waals surface area contributed by atoms with Crippen molar-refractivity contribution < 1.29 is 18.0 Å². The second-order valence-electron chi connectivity index (χ2n) is 6.09. The first kappa shape index (κ1) is 15.7. The van der Waals surface area contributed by atoms with Gasteiger partial charge in [0.1, 0.15) is 0 Å². The highest BCUT2D eigenvalue weighted by Crippen LogP contribution is 2.23. The van der Waals surface area contributed by atoms with Crippen LogP contribution in [0.25, 0.3) is 0 Å². The van der Waals surface area contributed by atoms with Gasteiger partial charge in [-0.2, -0.15) is 4.31 Å². The molecule has 0 aromatic carbocycles. The molecule has 3 amide bonds. The Hall–Kier alpha value is -1.19. The topological polar surface area (TPSA) is 90.0 Å². The number of imide groups is 1. The summed E-state index contributed by atoms with van der Waals surface area (Å²) in [5.74, 6) is 0.0241. The summed E-state index contributed by atoms with van der Waals surface area (Å²) in [6.45, 7) is 3.02. The third-order valence-electron chi connectivity index (χ3n) is 4.54. The zero-order valence-electron chi connectivity index (χ0n) is 12.5. The van der Waals surface area contributed by atoms with Gasteiger partial charge in [0, 0.05) is 32.2 Å². The average Bonchev–Trinajstić information content (AvgIpc) is 3.04. The van der Waals surface area contributed by atoms with Crippen LogP contribution < -0.4 is 5.32 Å². The molecule has 9 heteroatoms. The van der Waals surface area contributed by atoms with Crippen LogP contribution in [0.15, 0.2) is 0 Å². The Bertz CT molecular complexity index is 564. The molecule has 3 rings (SSSR count). The number of hydrogen-bond donors (Lipinski definition) is 1. The lowest BCUT2D eigenvalue weighted by Crippen LogP contribution is -2.51. The summed E-state index contributed by atoms with van der Waals surface area (Å²) in [4.78, 5) is 26.9. The Balaban J connectivity index is 1.59. The number of sulfonamides is 1. The number of carbonyl (C=O) groups is 2. The van der Waals surface area contributed by atoms with E-state index < -0.39 is 10.0 Å². The number of carbonyl (C=O) groups excluding carboxylic acids is 2. The van der Waals surface area contributed by atoms with Crippen LogP contribution in [0.1, 0.15) is 19.3 Å². The van der Waals surface area contributed by atoms with E-state index >= 15 is 0 Å². The minimum atomic E-state index is -3.12. The maximum atomic E-state index is 12.2. The number of likely N-dealkylation sites (tertiary alicyclic amines) is 1. The van der Waals surface area contributed by atoms with E-state index in [-0.39, 0.29) is 30.3 Å². The normalized spacial score (nSPS) is 29.7. The van der Waals surface area contributed by atoms with E-state index in [1.54, 1.807) is 4.31 Å². The lowest BCUT2D eigenvalue weighted by Gasteiger charge is -2.36. The van der Waals surface area contributed by atoms with Crippen molar-refractivity contribution in [1.82, 2.24) is 19.4 Å². The monoisotopic (exact) mass is 330 g/mol. The van der Waals surface area contributed by atoms with E-state index in [4.69, 9.17) is 0 Å². The number of nitrogens with zero attached hydrogens (tertiary/aromatic N) is 3. The number of piperidine rings is 1. The summed E-state index contributed by atoms with van der Waals surface area (Å²) in [5.41, 5.74) is 0. The van der Waals surface area contributed by atoms with Crippen molar-refractivity contribution in [2.75, 3.05) is 45.0 Å². The Morgan fingerprint density at radius 2 is 2.05 bits per heavy atom. The van der Waals surface area contributed by atoms with Crippen molar-refractivity contribution in [3.05, 3.63) is 0 Å². The van der Waals surface area contributed by atoms with Gasteiger partial charge in [0.05, 0.1) is 12.3 Å². The summed E-state index contributed by atoms with van der Waals surface area (Å²) < 4.78 is 25.6. The molecule has 8 nitrogen and oxygen atoms in total. The minimum absolute atomic E-state index is 0.0403. The quantitative estimate of drug-likeness (QED) is 0.720. The van der Waals surface area contributed by atoms with Crippen LogP contribution in [0, 0.1) is 0 Å². The highest BCUT2D eigenvalue weighted by molar-refractivity contribution is 7.89. The van der Waals surface area contributed by atoms with Crippen molar-refractivity contribution in [2.45, 2.75) is 25.3 Å². The first-order valence-electron chi connectivity index (χ1n) is 7.77. The van der Waals surface area contributed by atoms with E-state index in [2.05, 4.69) is 5.32 Å². The Kier molecular flexibility index (Phi) is 4.37. The van der Waals surface area contributed by atoms with Crippen molar-refractivity contribution >= 4 is 22.0 Å². The number of rotatable bonds is 3. The molecule has 124 valence electrons. The van der Waals surface area contributed by atoms with Gasteiger partial charge in [-0.15, -0.1) is 0 Å². The third kappa shape index (κ3) is 3.11. The van der Waals surface area contributed by atoms with Crippen molar-refractivity contribution in [3.63, 3.8) is 0 Å². The largest absolute Gasteiger partial charge is 0.336 e. The fourth-order valence-electron chi connectivity index (χ4n) is 3.46. The smallest absolute Gasteiger partial charge is 0.324 e. The summed E-state index contributed by atoms with van der Waals surface area (Å²) >= 11 is 0. The summed E-state index contributed by atoms with van der Waals surface area (Å²) in [7, 11) is -3.12. The van der Waals surface area contributed by atoms with Gasteiger partial charge in [0.25, 0.3) is 0 Å². The molecule has 0 spiro atoms. The molecule has 3 saturated heterocycles. The van der Waals surface area contributed by atoms with Crippen molar-refractivity contribution in [2.24, 2.45) is 0 Å².